The number of hydrogen-bond acceptors (Lipinski definition) is 6. The topological polar surface area (TPSA) is 128 Å². The van der Waals surface area contributed by atoms with Gasteiger partial charge in [0.15, 0.2) is 0 Å². The molecule has 0 aliphatic heterocycles. The van der Waals surface area contributed by atoms with E-state index in [2.05, 4.69) is 10.0 Å². The summed E-state index contributed by atoms with van der Waals surface area (Å²) in [6.07, 6.45) is 0. The lowest BCUT2D eigenvalue weighted by atomic mass is 10.1. The molecule has 1 amide bonds. The van der Waals surface area contributed by atoms with Crippen molar-refractivity contribution in [3.05, 3.63) is 88.0 Å². The van der Waals surface area contributed by atoms with Crippen LogP contribution < -0.4 is 14.8 Å². The molecule has 0 aromatic heterocycles. The van der Waals surface area contributed by atoms with Gasteiger partial charge in [-0.2, -0.15) is 0 Å². The van der Waals surface area contributed by atoms with E-state index < -0.39 is 20.9 Å². The zero-order chi connectivity index (χ0) is 22.6. The van der Waals surface area contributed by atoms with Crippen LogP contribution in [0.1, 0.15) is 15.9 Å². The number of ether oxygens (including phenoxy) is 1. The van der Waals surface area contributed by atoms with Crippen molar-refractivity contribution in [1.29, 1.82) is 0 Å². The lowest BCUT2D eigenvalue weighted by molar-refractivity contribution is -0.385. The summed E-state index contributed by atoms with van der Waals surface area (Å²) < 4.78 is 33.5. The summed E-state index contributed by atoms with van der Waals surface area (Å²) in [6, 6.07) is 16.4. The van der Waals surface area contributed by atoms with Gasteiger partial charge in [-0.3, -0.25) is 19.6 Å². The predicted octanol–water partition coefficient (Wildman–Crippen LogP) is 3.96. The summed E-state index contributed by atoms with van der Waals surface area (Å²) in [5.41, 5.74) is 0.491. The first-order chi connectivity index (χ1) is 14.7. The van der Waals surface area contributed by atoms with Crippen LogP contribution >= 0.6 is 0 Å². The van der Waals surface area contributed by atoms with Gasteiger partial charge >= 0.3 is 0 Å². The average molecular weight is 441 g/mol. The fourth-order valence-electron chi connectivity index (χ4n) is 2.90. The average Bonchev–Trinajstić information content (AvgIpc) is 2.74. The molecule has 2 N–H and O–H groups in total. The van der Waals surface area contributed by atoms with E-state index in [1.807, 2.05) is 0 Å². The van der Waals surface area contributed by atoms with Gasteiger partial charge in [0.1, 0.15) is 5.75 Å². The number of carbonyl (C=O) groups excluding carboxylic acids is 1. The van der Waals surface area contributed by atoms with Crippen LogP contribution in [-0.4, -0.2) is 26.4 Å². The summed E-state index contributed by atoms with van der Waals surface area (Å²) in [6.45, 7) is 1.53. The van der Waals surface area contributed by atoms with Crippen LogP contribution in [0.5, 0.6) is 5.75 Å². The van der Waals surface area contributed by atoms with Gasteiger partial charge < -0.3 is 10.1 Å². The number of anilines is 2. The van der Waals surface area contributed by atoms with E-state index in [4.69, 9.17) is 4.74 Å². The molecule has 0 saturated heterocycles. The van der Waals surface area contributed by atoms with Crippen molar-refractivity contribution in [3.8, 4) is 5.75 Å². The molecule has 0 fully saturated rings. The smallest absolute Gasteiger partial charge is 0.270 e. The van der Waals surface area contributed by atoms with Crippen molar-refractivity contribution in [2.45, 2.75) is 11.8 Å². The van der Waals surface area contributed by atoms with Crippen molar-refractivity contribution in [1.82, 2.24) is 0 Å². The maximum atomic E-state index is 12.9. The first-order valence-electron chi connectivity index (χ1n) is 9.04. The van der Waals surface area contributed by atoms with Crippen LogP contribution in [-0.2, 0) is 10.0 Å². The molecule has 0 heterocycles. The maximum Gasteiger partial charge on any atom is 0.270 e. The van der Waals surface area contributed by atoms with Crippen LogP contribution in [0, 0.1) is 17.0 Å². The molecule has 31 heavy (non-hydrogen) atoms. The molecule has 9 nitrogen and oxygen atoms in total. The van der Waals surface area contributed by atoms with Gasteiger partial charge in [-0.25, -0.2) is 8.42 Å². The molecule has 0 atom stereocenters. The van der Waals surface area contributed by atoms with E-state index in [9.17, 15) is 23.3 Å². The van der Waals surface area contributed by atoms with Crippen LogP contribution in [0.3, 0.4) is 0 Å². The largest absolute Gasteiger partial charge is 0.495 e. The van der Waals surface area contributed by atoms with Crippen LogP contribution in [0.4, 0.5) is 17.1 Å². The molecule has 0 saturated carbocycles. The summed E-state index contributed by atoms with van der Waals surface area (Å²) in [7, 11) is -2.73. The third-order valence-electron chi connectivity index (χ3n) is 4.44. The Morgan fingerprint density at radius 3 is 2.32 bits per heavy atom. The van der Waals surface area contributed by atoms with Crippen molar-refractivity contribution >= 4 is 33.0 Å². The molecule has 3 rings (SSSR count). The molecule has 0 radical (unpaired) electrons. The molecular formula is C21H19N3O6S. The number of non-ortho nitro benzene ring substituents is 1. The summed E-state index contributed by atoms with van der Waals surface area (Å²) in [5.74, 6) is -0.111. The fraction of sp³-hybridized carbons (Fsp3) is 0.0952. The minimum absolute atomic E-state index is 0.0285. The highest BCUT2D eigenvalue weighted by Gasteiger charge is 2.23. The molecule has 3 aromatic carbocycles. The number of methoxy groups -OCH3 is 1. The maximum absolute atomic E-state index is 12.9. The second-order valence-electron chi connectivity index (χ2n) is 6.51. The predicted molar refractivity (Wildman–Crippen MR) is 116 cm³/mol. The van der Waals surface area contributed by atoms with Crippen LogP contribution in [0.25, 0.3) is 0 Å². The summed E-state index contributed by atoms with van der Waals surface area (Å²) in [4.78, 5) is 23.0. The number of nitrogens with one attached hydrogen (secondary N) is 2. The van der Waals surface area contributed by atoms with Crippen molar-refractivity contribution in [2.75, 3.05) is 17.1 Å². The molecule has 0 aliphatic rings. The van der Waals surface area contributed by atoms with Crippen LogP contribution in [0.15, 0.2) is 71.6 Å². The van der Waals surface area contributed by atoms with Gasteiger partial charge in [-0.1, -0.05) is 30.3 Å². The number of amides is 1. The number of nitro benzene ring substituents is 1. The molecule has 3 aromatic rings. The number of rotatable bonds is 7. The van der Waals surface area contributed by atoms with Gasteiger partial charge in [0, 0.05) is 12.1 Å². The van der Waals surface area contributed by atoms with Gasteiger partial charge in [0.25, 0.3) is 21.6 Å². The second-order valence-corrected chi connectivity index (χ2v) is 8.16. The Hall–Kier alpha value is -3.92. The van der Waals surface area contributed by atoms with E-state index in [0.717, 1.165) is 6.07 Å². The van der Waals surface area contributed by atoms with Gasteiger partial charge in [0.05, 0.1) is 33.9 Å². The highest BCUT2D eigenvalue weighted by molar-refractivity contribution is 7.92. The molecule has 0 aliphatic carbocycles. The molecule has 160 valence electrons. The van der Waals surface area contributed by atoms with Crippen molar-refractivity contribution in [2.24, 2.45) is 0 Å². The number of nitro groups is 1. The Balaban J connectivity index is 1.94. The minimum Gasteiger partial charge on any atom is -0.495 e. The summed E-state index contributed by atoms with van der Waals surface area (Å²) >= 11 is 0. The molecule has 0 unspecified atom stereocenters. The van der Waals surface area contributed by atoms with E-state index in [0.29, 0.717) is 17.0 Å². The number of hydrogen-bond donors (Lipinski definition) is 2. The van der Waals surface area contributed by atoms with E-state index in [1.54, 1.807) is 36.4 Å². The summed E-state index contributed by atoms with van der Waals surface area (Å²) in [5, 5.41) is 13.7. The molecule has 0 spiro atoms. The van der Waals surface area contributed by atoms with Gasteiger partial charge in [-0.15, -0.1) is 0 Å². The van der Waals surface area contributed by atoms with E-state index in [-0.39, 0.29) is 21.8 Å². The quantitative estimate of drug-likeness (QED) is 0.422. The normalized spacial score (nSPS) is 10.9. The Kier molecular flexibility index (Phi) is 6.21. The fourth-order valence-corrected chi connectivity index (χ4v) is 4.24. The van der Waals surface area contributed by atoms with Crippen LogP contribution in [0.2, 0.25) is 0 Å². The molecule has 0 bridgehead atoms. The number of aryl methyl sites for hydroxylation is 1. The number of benzene rings is 3. The van der Waals surface area contributed by atoms with E-state index in [1.165, 1.54) is 38.3 Å². The van der Waals surface area contributed by atoms with Crippen molar-refractivity contribution < 1.29 is 22.9 Å². The zero-order valence-corrected chi connectivity index (χ0v) is 17.5. The minimum atomic E-state index is -4.20. The molecule has 10 heteroatoms. The van der Waals surface area contributed by atoms with Crippen molar-refractivity contribution in [3.63, 3.8) is 0 Å². The monoisotopic (exact) mass is 441 g/mol. The number of nitrogens with zero attached hydrogens (tertiary/aromatic N) is 1. The van der Waals surface area contributed by atoms with Gasteiger partial charge in [-0.05, 0) is 36.8 Å². The standard InChI is InChI=1S/C21H19N3O6S/c1-14-11-12-15(24(26)27)13-20(14)31(28,29)23-17-8-4-3-7-16(17)21(25)22-18-9-5-6-10-19(18)30-2/h3-13,23H,1-2H3,(H,22,25). The lowest BCUT2D eigenvalue weighted by Gasteiger charge is -2.15. The number of sulfonamides is 1. The first kappa shape index (κ1) is 21.8. The third-order valence-corrected chi connectivity index (χ3v) is 5.95. The number of para-hydroxylation sites is 3. The SMILES string of the molecule is COc1ccccc1NC(=O)c1ccccc1NS(=O)(=O)c1cc([N+](=O)[O-])ccc1C. The highest BCUT2D eigenvalue weighted by Crippen LogP contribution is 2.27. The Labute approximate surface area is 178 Å². The second kappa shape index (κ2) is 8.84. The third kappa shape index (κ3) is 4.81. The van der Waals surface area contributed by atoms with E-state index >= 15 is 0 Å². The Bertz CT molecular complexity index is 1260. The molecular weight excluding hydrogens is 422 g/mol. The Morgan fingerprint density at radius 1 is 1.00 bits per heavy atom. The van der Waals surface area contributed by atoms with Gasteiger partial charge in [0.2, 0.25) is 0 Å². The first-order valence-corrected chi connectivity index (χ1v) is 10.5. The lowest BCUT2D eigenvalue weighted by Crippen LogP contribution is -2.19. The number of carbonyl (C=O) groups is 1. The zero-order valence-electron chi connectivity index (χ0n) is 16.7. The highest BCUT2D eigenvalue weighted by atomic mass is 32.2. The Morgan fingerprint density at radius 2 is 1.65 bits per heavy atom.